The molecule has 2 amide bonds. The lowest BCUT2D eigenvalue weighted by molar-refractivity contribution is -0.132. The maximum Gasteiger partial charge on any atom is 0.287 e. The number of nitrogens with zero attached hydrogens (tertiary/aromatic N) is 1. The van der Waals surface area contributed by atoms with Gasteiger partial charge in [-0.05, 0) is 79.8 Å². The van der Waals surface area contributed by atoms with Crippen LogP contribution in [0.15, 0.2) is 65.1 Å². The van der Waals surface area contributed by atoms with Crippen molar-refractivity contribution in [2.45, 2.75) is 38.6 Å². The van der Waals surface area contributed by atoms with Crippen molar-refractivity contribution in [3.63, 3.8) is 0 Å². The number of amides is 2. The Balaban J connectivity index is 1.21. The number of nitrogens with one attached hydrogen (secondary N) is 2. The fraction of sp³-hybridized carbons (Fsp3) is 0.286. The molecule has 7 heteroatoms. The molecule has 1 saturated heterocycles. The molecular weight excluding hydrogens is 445 g/mol. The smallest absolute Gasteiger partial charge is 0.287 e. The van der Waals surface area contributed by atoms with Crippen molar-refractivity contribution in [2.24, 2.45) is 0 Å². The predicted octanol–water partition coefficient (Wildman–Crippen LogP) is 5.23. The monoisotopic (exact) mass is 473 g/mol. The number of H-pyrrole nitrogens is 1. The van der Waals surface area contributed by atoms with Gasteiger partial charge in [0.25, 0.3) is 5.91 Å². The molecule has 0 bridgehead atoms. The second kappa shape index (κ2) is 9.78. The van der Waals surface area contributed by atoms with Crippen LogP contribution in [-0.4, -0.2) is 40.8 Å². The molecule has 35 heavy (non-hydrogen) atoms. The number of hydrogen-bond acceptors (Lipinski definition) is 3. The first kappa shape index (κ1) is 22.9. The topological polar surface area (TPSA) is 78.3 Å². The summed E-state index contributed by atoms with van der Waals surface area (Å²) in [5.74, 6) is 0.632. The highest BCUT2D eigenvalue weighted by Gasteiger charge is 2.25. The Morgan fingerprint density at radius 3 is 2.51 bits per heavy atom. The van der Waals surface area contributed by atoms with E-state index in [2.05, 4.69) is 10.3 Å². The SMILES string of the molecule is Cc1ccc(C(=O)NC2CCN(C(=O)CCc3c(-c4ccc(F)cc4)[nH]c4ccccc34)CC2)o1. The van der Waals surface area contributed by atoms with Crippen LogP contribution in [-0.2, 0) is 11.2 Å². The number of carbonyl (C=O) groups excluding carboxylic acids is 2. The Kier molecular flexibility index (Phi) is 6.40. The summed E-state index contributed by atoms with van der Waals surface area (Å²) in [7, 11) is 0. The van der Waals surface area contributed by atoms with E-state index in [0.717, 1.165) is 27.7 Å². The predicted molar refractivity (Wildman–Crippen MR) is 133 cm³/mol. The van der Waals surface area contributed by atoms with Gasteiger partial charge in [-0.1, -0.05) is 18.2 Å². The molecular formula is C28H28FN3O3. The van der Waals surface area contributed by atoms with Gasteiger partial charge in [-0.3, -0.25) is 9.59 Å². The number of carbonyl (C=O) groups is 2. The largest absolute Gasteiger partial charge is 0.456 e. The molecule has 0 spiro atoms. The van der Waals surface area contributed by atoms with Crippen LogP contribution in [0.1, 0.15) is 41.1 Å². The zero-order chi connectivity index (χ0) is 24.4. The molecule has 0 unspecified atom stereocenters. The van der Waals surface area contributed by atoms with E-state index in [1.54, 1.807) is 31.2 Å². The number of aryl methyl sites for hydroxylation is 2. The van der Waals surface area contributed by atoms with E-state index in [0.29, 0.717) is 50.3 Å². The number of rotatable bonds is 6. The lowest BCUT2D eigenvalue weighted by atomic mass is 10.00. The fourth-order valence-electron chi connectivity index (χ4n) is 4.80. The molecule has 0 saturated carbocycles. The van der Waals surface area contributed by atoms with E-state index in [1.807, 2.05) is 29.2 Å². The molecule has 0 radical (unpaired) electrons. The van der Waals surface area contributed by atoms with Crippen molar-refractivity contribution in [3.8, 4) is 11.3 Å². The van der Waals surface area contributed by atoms with Gasteiger partial charge in [0.05, 0.1) is 0 Å². The van der Waals surface area contributed by atoms with Gasteiger partial charge in [0.1, 0.15) is 11.6 Å². The second-order valence-corrected chi connectivity index (χ2v) is 9.07. The summed E-state index contributed by atoms with van der Waals surface area (Å²) in [6, 6.07) is 17.9. The van der Waals surface area contributed by atoms with Crippen LogP contribution in [0.4, 0.5) is 4.39 Å². The Hall–Kier alpha value is -3.87. The van der Waals surface area contributed by atoms with E-state index in [9.17, 15) is 14.0 Å². The number of aromatic amines is 1. The molecule has 2 aromatic heterocycles. The van der Waals surface area contributed by atoms with Gasteiger partial charge in [-0.15, -0.1) is 0 Å². The molecule has 1 aliphatic rings. The average Bonchev–Trinajstić information content (AvgIpc) is 3.47. The first-order chi connectivity index (χ1) is 17.0. The highest BCUT2D eigenvalue weighted by molar-refractivity contribution is 5.92. The van der Waals surface area contributed by atoms with Crippen LogP contribution < -0.4 is 5.32 Å². The van der Waals surface area contributed by atoms with E-state index in [-0.39, 0.29) is 23.7 Å². The minimum Gasteiger partial charge on any atom is -0.456 e. The molecule has 1 fully saturated rings. The average molecular weight is 474 g/mol. The first-order valence-corrected chi connectivity index (χ1v) is 12.0. The van der Waals surface area contributed by atoms with Crippen LogP contribution in [0.2, 0.25) is 0 Å². The Morgan fingerprint density at radius 2 is 1.80 bits per heavy atom. The second-order valence-electron chi connectivity index (χ2n) is 9.07. The van der Waals surface area contributed by atoms with Crippen molar-refractivity contribution in [2.75, 3.05) is 13.1 Å². The molecule has 6 nitrogen and oxygen atoms in total. The van der Waals surface area contributed by atoms with Crippen LogP contribution in [0, 0.1) is 12.7 Å². The third-order valence-corrected chi connectivity index (χ3v) is 6.68. The highest BCUT2D eigenvalue weighted by Crippen LogP contribution is 2.31. The number of aromatic nitrogens is 1. The summed E-state index contributed by atoms with van der Waals surface area (Å²) < 4.78 is 18.9. The number of likely N-dealkylation sites (tertiary alicyclic amines) is 1. The van der Waals surface area contributed by atoms with Gasteiger partial charge >= 0.3 is 0 Å². The molecule has 3 heterocycles. The molecule has 2 aromatic carbocycles. The summed E-state index contributed by atoms with van der Waals surface area (Å²) in [4.78, 5) is 30.7. The van der Waals surface area contributed by atoms with Gasteiger partial charge in [-0.2, -0.15) is 0 Å². The minimum atomic E-state index is -0.277. The van der Waals surface area contributed by atoms with Crippen LogP contribution in [0.3, 0.4) is 0 Å². The van der Waals surface area contributed by atoms with Gasteiger partial charge in [0, 0.05) is 42.1 Å². The number of para-hydroxylation sites is 1. The minimum absolute atomic E-state index is 0.0238. The van der Waals surface area contributed by atoms with E-state index in [1.165, 1.54) is 12.1 Å². The number of benzene rings is 2. The van der Waals surface area contributed by atoms with Gasteiger partial charge in [0.15, 0.2) is 5.76 Å². The quantitative estimate of drug-likeness (QED) is 0.403. The lowest BCUT2D eigenvalue weighted by Gasteiger charge is -2.32. The summed E-state index contributed by atoms with van der Waals surface area (Å²) in [6.07, 6.45) is 2.40. The Morgan fingerprint density at radius 1 is 1.06 bits per heavy atom. The zero-order valence-corrected chi connectivity index (χ0v) is 19.6. The molecule has 180 valence electrons. The van der Waals surface area contributed by atoms with Crippen molar-refractivity contribution < 1.29 is 18.4 Å². The van der Waals surface area contributed by atoms with Crippen molar-refractivity contribution in [3.05, 3.63) is 83.6 Å². The maximum absolute atomic E-state index is 13.5. The first-order valence-electron chi connectivity index (χ1n) is 12.0. The van der Waals surface area contributed by atoms with Crippen LogP contribution in [0.5, 0.6) is 0 Å². The third kappa shape index (κ3) is 4.99. The number of piperidine rings is 1. The maximum atomic E-state index is 13.5. The molecule has 0 aliphatic carbocycles. The normalized spacial score (nSPS) is 14.4. The van der Waals surface area contributed by atoms with Gasteiger partial charge < -0.3 is 19.6 Å². The van der Waals surface area contributed by atoms with E-state index < -0.39 is 0 Å². The number of fused-ring (bicyclic) bond motifs is 1. The third-order valence-electron chi connectivity index (χ3n) is 6.68. The lowest BCUT2D eigenvalue weighted by Crippen LogP contribution is -2.46. The summed E-state index contributed by atoms with van der Waals surface area (Å²) >= 11 is 0. The molecule has 4 aromatic rings. The molecule has 5 rings (SSSR count). The van der Waals surface area contributed by atoms with Crippen molar-refractivity contribution in [1.82, 2.24) is 15.2 Å². The molecule has 0 atom stereocenters. The number of halogens is 1. The fourth-order valence-corrected chi connectivity index (χ4v) is 4.80. The summed E-state index contributed by atoms with van der Waals surface area (Å²) in [6.45, 7) is 3.03. The Labute approximate surface area is 203 Å². The molecule has 2 N–H and O–H groups in total. The number of furan rings is 1. The standard InChI is InChI=1S/C28H28FN3O3/c1-18-6-12-25(35-18)28(34)30-21-14-16-32(17-15-21)26(33)13-11-23-22-4-2-3-5-24(22)31-27(23)19-7-9-20(29)10-8-19/h2-10,12,21,31H,11,13-17H2,1H3,(H,30,34). The van der Waals surface area contributed by atoms with Crippen LogP contribution >= 0.6 is 0 Å². The zero-order valence-electron chi connectivity index (χ0n) is 19.6. The summed E-state index contributed by atoms with van der Waals surface area (Å²) in [5, 5.41) is 4.09. The van der Waals surface area contributed by atoms with Gasteiger partial charge in [-0.25, -0.2) is 4.39 Å². The summed E-state index contributed by atoms with van der Waals surface area (Å²) in [5.41, 5.74) is 3.89. The van der Waals surface area contributed by atoms with E-state index >= 15 is 0 Å². The van der Waals surface area contributed by atoms with Crippen molar-refractivity contribution >= 4 is 22.7 Å². The Bertz CT molecular complexity index is 1350. The number of hydrogen-bond donors (Lipinski definition) is 2. The molecule has 1 aliphatic heterocycles. The van der Waals surface area contributed by atoms with Crippen LogP contribution in [0.25, 0.3) is 22.2 Å². The van der Waals surface area contributed by atoms with Crippen molar-refractivity contribution in [1.29, 1.82) is 0 Å². The van der Waals surface area contributed by atoms with E-state index in [4.69, 9.17) is 4.42 Å². The highest BCUT2D eigenvalue weighted by atomic mass is 19.1. The van der Waals surface area contributed by atoms with Gasteiger partial charge in [0.2, 0.25) is 5.91 Å².